The molecule has 0 aromatic heterocycles. The Kier molecular flexibility index (Phi) is 4.53. The summed E-state index contributed by atoms with van der Waals surface area (Å²) in [7, 11) is 0. The number of hydrogen-bond acceptors (Lipinski definition) is 1. The van der Waals surface area contributed by atoms with E-state index in [4.69, 9.17) is 17.2 Å². The average molecular weight is 363 g/mol. The number of halogens is 2. The molecule has 1 rings (SSSR count). The molecule has 0 bridgehead atoms. The number of aliphatic imine (C=N–C) groups is 2. The predicted octanol–water partition coefficient (Wildman–Crippen LogP) is 2.05. The van der Waals surface area contributed by atoms with Crippen LogP contribution in [0.5, 0.6) is 0 Å². The highest BCUT2D eigenvalue weighted by Crippen LogP contribution is 2.35. The summed E-state index contributed by atoms with van der Waals surface area (Å²) in [6, 6.07) is 1.89. The number of benzene rings is 1. The highest BCUT2D eigenvalue weighted by molar-refractivity contribution is 9.11. The zero-order valence-corrected chi connectivity index (χ0v) is 12.6. The molecule has 0 atom stereocenters. The predicted molar refractivity (Wildman–Crippen MR) is 78.4 cm³/mol. The van der Waals surface area contributed by atoms with Gasteiger partial charge in [0.2, 0.25) is 5.96 Å². The average Bonchev–Trinajstić information content (AvgIpc) is 2.21. The van der Waals surface area contributed by atoms with Gasteiger partial charge in [-0.1, -0.05) is 15.9 Å². The number of guanidine groups is 2. The Labute approximate surface area is 116 Å². The van der Waals surface area contributed by atoms with Crippen molar-refractivity contribution in [1.29, 1.82) is 0 Å². The maximum absolute atomic E-state index is 5.58. The first-order chi connectivity index (χ1) is 7.82. The maximum atomic E-state index is 5.58. The van der Waals surface area contributed by atoms with Crippen molar-refractivity contribution in [3.63, 3.8) is 0 Å². The number of rotatable bonds is 1. The van der Waals surface area contributed by atoms with Crippen LogP contribution in [0.1, 0.15) is 11.1 Å². The molecule has 5 nitrogen and oxygen atoms in total. The van der Waals surface area contributed by atoms with E-state index in [0.29, 0.717) is 5.69 Å². The zero-order valence-electron chi connectivity index (χ0n) is 9.46. The van der Waals surface area contributed by atoms with Crippen LogP contribution in [-0.2, 0) is 0 Å². The maximum Gasteiger partial charge on any atom is 0.223 e. The molecule has 7 heteroatoms. The molecular formula is C10H13Br2N5. The summed E-state index contributed by atoms with van der Waals surface area (Å²) in [4.78, 5) is 7.80. The van der Waals surface area contributed by atoms with E-state index in [1.807, 2.05) is 19.9 Å². The van der Waals surface area contributed by atoms with Crippen molar-refractivity contribution in [1.82, 2.24) is 0 Å². The van der Waals surface area contributed by atoms with Gasteiger partial charge in [0.05, 0.1) is 5.69 Å². The molecule has 1 aromatic rings. The first-order valence-corrected chi connectivity index (χ1v) is 6.30. The van der Waals surface area contributed by atoms with Crippen LogP contribution in [-0.4, -0.2) is 11.9 Å². The quantitative estimate of drug-likeness (QED) is 0.526. The van der Waals surface area contributed by atoms with E-state index in [2.05, 4.69) is 41.8 Å². The fourth-order valence-corrected chi connectivity index (χ4v) is 2.26. The molecule has 6 N–H and O–H groups in total. The third-order valence-electron chi connectivity index (χ3n) is 2.06. The Morgan fingerprint density at radius 1 is 1.12 bits per heavy atom. The third-order valence-corrected chi connectivity index (χ3v) is 4.28. The van der Waals surface area contributed by atoms with E-state index < -0.39 is 0 Å². The second kappa shape index (κ2) is 5.50. The Balaban J connectivity index is 3.30. The monoisotopic (exact) mass is 361 g/mol. The molecule has 0 aliphatic carbocycles. The fraction of sp³-hybridized carbons (Fsp3) is 0.200. The summed E-state index contributed by atoms with van der Waals surface area (Å²) >= 11 is 6.95. The molecule has 17 heavy (non-hydrogen) atoms. The fourth-order valence-electron chi connectivity index (χ4n) is 1.28. The van der Waals surface area contributed by atoms with Crippen molar-refractivity contribution < 1.29 is 0 Å². The summed E-state index contributed by atoms with van der Waals surface area (Å²) < 4.78 is 1.88. The molecule has 1 aromatic carbocycles. The van der Waals surface area contributed by atoms with Gasteiger partial charge in [-0.3, -0.25) is 0 Å². The smallest absolute Gasteiger partial charge is 0.223 e. The van der Waals surface area contributed by atoms with Crippen LogP contribution in [0.15, 0.2) is 25.0 Å². The third kappa shape index (κ3) is 3.44. The summed E-state index contributed by atoms with van der Waals surface area (Å²) in [6.07, 6.45) is 0. The van der Waals surface area contributed by atoms with E-state index in [0.717, 1.165) is 20.1 Å². The van der Waals surface area contributed by atoms with Crippen LogP contribution >= 0.6 is 31.9 Å². The molecular weight excluding hydrogens is 350 g/mol. The number of hydrogen-bond donors (Lipinski definition) is 3. The lowest BCUT2D eigenvalue weighted by Crippen LogP contribution is -2.26. The first kappa shape index (κ1) is 14.0. The van der Waals surface area contributed by atoms with Crippen LogP contribution in [0.3, 0.4) is 0 Å². The van der Waals surface area contributed by atoms with E-state index in [9.17, 15) is 0 Å². The van der Waals surface area contributed by atoms with Crippen LogP contribution in [0.25, 0.3) is 0 Å². The lowest BCUT2D eigenvalue weighted by atomic mass is 10.1. The van der Waals surface area contributed by atoms with E-state index in [-0.39, 0.29) is 11.9 Å². The van der Waals surface area contributed by atoms with E-state index in [1.165, 1.54) is 0 Å². The second-order valence-corrected chi connectivity index (χ2v) is 5.06. The largest absolute Gasteiger partial charge is 0.370 e. The summed E-state index contributed by atoms with van der Waals surface area (Å²) in [5.41, 5.74) is 18.8. The van der Waals surface area contributed by atoms with Crippen LogP contribution in [0.4, 0.5) is 5.69 Å². The highest BCUT2D eigenvalue weighted by Gasteiger charge is 2.09. The Morgan fingerprint density at radius 2 is 1.71 bits per heavy atom. The van der Waals surface area contributed by atoms with Crippen molar-refractivity contribution in [2.24, 2.45) is 27.2 Å². The van der Waals surface area contributed by atoms with Crippen molar-refractivity contribution >= 4 is 49.5 Å². The van der Waals surface area contributed by atoms with Crippen molar-refractivity contribution in [3.05, 3.63) is 26.1 Å². The van der Waals surface area contributed by atoms with Gasteiger partial charge in [-0.05, 0) is 47.0 Å². The topological polar surface area (TPSA) is 103 Å². The van der Waals surface area contributed by atoms with Gasteiger partial charge in [-0.25, -0.2) is 4.99 Å². The van der Waals surface area contributed by atoms with Gasteiger partial charge >= 0.3 is 0 Å². The van der Waals surface area contributed by atoms with Gasteiger partial charge in [0.15, 0.2) is 5.96 Å². The minimum Gasteiger partial charge on any atom is -0.370 e. The van der Waals surface area contributed by atoms with Gasteiger partial charge in [0, 0.05) is 8.95 Å². The van der Waals surface area contributed by atoms with E-state index in [1.54, 1.807) is 0 Å². The molecule has 0 aliphatic heterocycles. The molecule has 92 valence electrons. The van der Waals surface area contributed by atoms with E-state index >= 15 is 0 Å². The molecule has 0 spiro atoms. The normalized spacial score (nSPS) is 11.4. The molecule has 0 saturated heterocycles. The van der Waals surface area contributed by atoms with Crippen molar-refractivity contribution in [3.8, 4) is 0 Å². The second-order valence-electron chi connectivity index (χ2n) is 3.47. The standard InChI is InChI=1S/C10H13Br2N5/c1-4-3-6(8(12)5(2)7(4)11)16-10(15)17-9(13)14/h3H,1-2H3,(H6,13,14,15,16,17). The molecule has 0 heterocycles. The van der Waals surface area contributed by atoms with Crippen LogP contribution in [0.2, 0.25) is 0 Å². The van der Waals surface area contributed by atoms with Gasteiger partial charge < -0.3 is 17.2 Å². The Hall–Kier alpha value is -1.08. The summed E-state index contributed by atoms with van der Waals surface area (Å²) in [5, 5.41) is 0. The summed E-state index contributed by atoms with van der Waals surface area (Å²) in [5.74, 6) is -0.0975. The highest BCUT2D eigenvalue weighted by atomic mass is 79.9. The molecule has 0 fully saturated rings. The van der Waals surface area contributed by atoms with Crippen molar-refractivity contribution in [2.75, 3.05) is 0 Å². The van der Waals surface area contributed by atoms with Gasteiger partial charge in [-0.2, -0.15) is 4.99 Å². The number of nitrogens with zero attached hydrogens (tertiary/aromatic N) is 2. The number of aryl methyl sites for hydroxylation is 1. The lowest BCUT2D eigenvalue weighted by Gasteiger charge is -2.08. The van der Waals surface area contributed by atoms with Gasteiger partial charge in [-0.15, -0.1) is 0 Å². The van der Waals surface area contributed by atoms with Gasteiger partial charge in [0.1, 0.15) is 0 Å². The van der Waals surface area contributed by atoms with Gasteiger partial charge in [0.25, 0.3) is 0 Å². The molecule has 0 amide bonds. The molecule has 0 saturated carbocycles. The lowest BCUT2D eigenvalue weighted by molar-refractivity contribution is 1.28. The SMILES string of the molecule is Cc1cc(N=C(N)N=C(N)N)c(Br)c(C)c1Br. The minimum atomic E-state index is -0.118. The number of nitrogens with two attached hydrogens (primary N) is 3. The van der Waals surface area contributed by atoms with Crippen molar-refractivity contribution in [2.45, 2.75) is 13.8 Å². The Bertz CT molecular complexity index is 504. The summed E-state index contributed by atoms with van der Waals surface area (Å²) in [6.45, 7) is 3.94. The Morgan fingerprint density at radius 3 is 2.24 bits per heavy atom. The minimum absolute atomic E-state index is 0.0202. The first-order valence-electron chi connectivity index (χ1n) is 4.72. The molecule has 0 unspecified atom stereocenters. The molecule has 0 radical (unpaired) electrons. The zero-order chi connectivity index (χ0) is 13.2. The van der Waals surface area contributed by atoms with Crippen LogP contribution in [0, 0.1) is 13.8 Å². The molecule has 0 aliphatic rings. The van der Waals surface area contributed by atoms with Crippen LogP contribution < -0.4 is 17.2 Å².